The zero-order valence-corrected chi connectivity index (χ0v) is 11.9. The molecule has 0 amide bonds. The van der Waals surface area contributed by atoms with Gasteiger partial charge in [0.15, 0.2) is 0 Å². The third-order valence-electron chi connectivity index (χ3n) is 4.15. The molecule has 0 radical (unpaired) electrons. The summed E-state index contributed by atoms with van der Waals surface area (Å²) in [5, 5.41) is 20.2. The van der Waals surface area contributed by atoms with Crippen LogP contribution in [0.15, 0.2) is 42.5 Å². The lowest BCUT2D eigenvalue weighted by molar-refractivity contribution is 0.0661. The van der Waals surface area contributed by atoms with Gasteiger partial charge >= 0.3 is 0 Å². The first-order chi connectivity index (χ1) is 10.1. The van der Waals surface area contributed by atoms with E-state index in [4.69, 9.17) is 11.6 Å². The normalized spacial score (nSPS) is 17.0. The topological polar surface area (TPSA) is 44.0 Å². The molecule has 0 aromatic heterocycles. The first-order valence-electron chi connectivity index (χ1n) is 6.67. The molecule has 0 fully saturated rings. The van der Waals surface area contributed by atoms with Gasteiger partial charge < -0.3 is 5.11 Å². The number of fused-ring (bicyclic) bond motifs is 1. The molecular weight excluding hydrogens is 289 g/mol. The minimum absolute atomic E-state index is 0.0462. The van der Waals surface area contributed by atoms with Crippen molar-refractivity contribution in [2.75, 3.05) is 0 Å². The lowest BCUT2D eigenvalue weighted by Gasteiger charge is -2.27. The van der Waals surface area contributed by atoms with Crippen LogP contribution in [0.1, 0.15) is 22.8 Å². The molecule has 0 aliphatic heterocycles. The van der Waals surface area contributed by atoms with Crippen molar-refractivity contribution in [3.8, 4) is 6.07 Å². The number of hydrogen-bond acceptors (Lipinski definition) is 2. The highest BCUT2D eigenvalue weighted by Crippen LogP contribution is 2.46. The van der Waals surface area contributed by atoms with E-state index in [1.807, 2.05) is 24.3 Å². The number of nitriles is 1. The van der Waals surface area contributed by atoms with E-state index >= 15 is 0 Å². The Bertz CT molecular complexity index is 713. The van der Waals surface area contributed by atoms with Crippen molar-refractivity contribution in [1.29, 1.82) is 5.26 Å². The van der Waals surface area contributed by atoms with Crippen LogP contribution in [0.4, 0.5) is 4.39 Å². The Morgan fingerprint density at radius 3 is 2.33 bits per heavy atom. The molecule has 4 heteroatoms. The molecule has 0 saturated heterocycles. The van der Waals surface area contributed by atoms with Gasteiger partial charge in [0.25, 0.3) is 0 Å². The minimum Gasteiger partial charge on any atom is -0.387 e. The largest absolute Gasteiger partial charge is 0.387 e. The summed E-state index contributed by atoms with van der Waals surface area (Å²) in [5.41, 5.74) is 1.09. The van der Waals surface area contributed by atoms with Gasteiger partial charge in [-0.1, -0.05) is 48.0 Å². The van der Waals surface area contributed by atoms with Gasteiger partial charge in [-0.3, -0.25) is 0 Å². The molecule has 0 heterocycles. The number of hydrogen-bond donors (Lipinski definition) is 1. The third kappa shape index (κ3) is 2.21. The maximum absolute atomic E-state index is 14.1. The lowest BCUT2D eigenvalue weighted by Crippen LogP contribution is -2.29. The molecule has 1 N–H and O–H groups in total. The van der Waals surface area contributed by atoms with Gasteiger partial charge in [-0.15, -0.1) is 0 Å². The number of rotatable bonds is 2. The number of aliphatic hydroxyl groups excluding tert-OH is 1. The molecule has 2 aromatic rings. The van der Waals surface area contributed by atoms with E-state index in [0.717, 1.165) is 11.1 Å². The molecular formula is C17H13ClFNO. The number of aliphatic hydroxyl groups is 1. The Morgan fingerprint density at radius 1 is 1.14 bits per heavy atom. The molecule has 0 spiro atoms. The van der Waals surface area contributed by atoms with Crippen LogP contribution in [0.3, 0.4) is 0 Å². The summed E-state index contributed by atoms with van der Waals surface area (Å²) in [6.07, 6.45) is -0.395. The van der Waals surface area contributed by atoms with Gasteiger partial charge in [0, 0.05) is 5.56 Å². The summed E-state index contributed by atoms with van der Waals surface area (Å²) < 4.78 is 14.1. The van der Waals surface area contributed by atoms with Crippen LogP contribution in [0.25, 0.3) is 0 Å². The fraction of sp³-hybridized carbons (Fsp3) is 0.235. The van der Waals surface area contributed by atoms with Gasteiger partial charge in [0.1, 0.15) is 11.9 Å². The first-order valence-corrected chi connectivity index (χ1v) is 7.05. The van der Waals surface area contributed by atoms with Crippen molar-refractivity contribution in [2.24, 2.45) is 5.41 Å². The van der Waals surface area contributed by atoms with Crippen LogP contribution in [0.5, 0.6) is 0 Å². The fourth-order valence-corrected chi connectivity index (χ4v) is 3.19. The summed E-state index contributed by atoms with van der Waals surface area (Å²) in [5.74, 6) is -0.655. The highest BCUT2D eigenvalue weighted by atomic mass is 35.5. The van der Waals surface area contributed by atoms with Gasteiger partial charge in [0.05, 0.1) is 16.5 Å². The summed E-state index contributed by atoms with van der Waals surface area (Å²) in [4.78, 5) is 0. The Kier molecular flexibility index (Phi) is 3.44. The third-order valence-corrected chi connectivity index (χ3v) is 4.44. The van der Waals surface area contributed by atoms with Crippen LogP contribution < -0.4 is 0 Å². The highest BCUT2D eigenvalue weighted by Gasteiger charge is 2.45. The second-order valence-electron chi connectivity index (χ2n) is 5.44. The molecule has 1 atom stereocenters. The van der Waals surface area contributed by atoms with E-state index < -0.39 is 17.3 Å². The average Bonchev–Trinajstić information content (AvgIpc) is 2.89. The van der Waals surface area contributed by atoms with Crippen molar-refractivity contribution >= 4 is 11.6 Å². The van der Waals surface area contributed by atoms with E-state index in [0.29, 0.717) is 12.8 Å². The van der Waals surface area contributed by atoms with Gasteiger partial charge in [-0.05, 0) is 30.0 Å². The number of benzene rings is 2. The second kappa shape index (κ2) is 5.14. The van der Waals surface area contributed by atoms with E-state index in [1.165, 1.54) is 12.1 Å². The van der Waals surface area contributed by atoms with Crippen molar-refractivity contribution < 1.29 is 9.50 Å². The highest BCUT2D eigenvalue weighted by molar-refractivity contribution is 6.30. The standard InChI is InChI=1S/C17H13ClFNO/c18-14-7-3-6-13(15(14)19)16(21)17(10-20)8-11-4-1-2-5-12(11)9-17/h1-7,16,21H,8-9H2. The Hall–Kier alpha value is -1.89. The predicted molar refractivity (Wildman–Crippen MR) is 78.3 cm³/mol. The molecule has 0 saturated carbocycles. The SMILES string of the molecule is N#CC1(C(O)c2cccc(Cl)c2F)Cc2ccccc2C1. The van der Waals surface area contributed by atoms with E-state index in [1.54, 1.807) is 6.07 Å². The molecule has 0 bridgehead atoms. The predicted octanol–water partition coefficient (Wildman–Crippen LogP) is 3.82. The van der Waals surface area contributed by atoms with E-state index in [2.05, 4.69) is 6.07 Å². The Labute approximate surface area is 127 Å². The molecule has 21 heavy (non-hydrogen) atoms. The van der Waals surface area contributed by atoms with Crippen LogP contribution in [0, 0.1) is 22.6 Å². The first kappa shape index (κ1) is 14.1. The summed E-state index contributed by atoms with van der Waals surface area (Å²) in [6, 6.07) is 14.4. The van der Waals surface area contributed by atoms with Gasteiger partial charge in [-0.2, -0.15) is 5.26 Å². The second-order valence-corrected chi connectivity index (χ2v) is 5.84. The quantitative estimate of drug-likeness (QED) is 0.916. The zero-order chi connectivity index (χ0) is 15.0. The van der Waals surface area contributed by atoms with Crippen molar-refractivity contribution in [3.63, 3.8) is 0 Å². The van der Waals surface area contributed by atoms with E-state index in [9.17, 15) is 14.8 Å². The molecule has 3 rings (SSSR count). The van der Waals surface area contributed by atoms with Crippen LogP contribution in [-0.4, -0.2) is 5.11 Å². The zero-order valence-electron chi connectivity index (χ0n) is 11.2. The Balaban J connectivity index is 2.03. The maximum Gasteiger partial charge on any atom is 0.147 e. The van der Waals surface area contributed by atoms with Gasteiger partial charge in [0.2, 0.25) is 0 Å². The van der Waals surface area contributed by atoms with Crippen LogP contribution in [0.2, 0.25) is 5.02 Å². The van der Waals surface area contributed by atoms with Crippen molar-refractivity contribution in [2.45, 2.75) is 18.9 Å². The van der Waals surface area contributed by atoms with Crippen LogP contribution >= 0.6 is 11.6 Å². The minimum atomic E-state index is -1.21. The summed E-state index contributed by atoms with van der Waals surface area (Å²) in [7, 11) is 0. The fourth-order valence-electron chi connectivity index (χ4n) is 3.01. The smallest absolute Gasteiger partial charge is 0.147 e. The molecule has 1 aliphatic rings. The number of halogens is 2. The average molecular weight is 302 g/mol. The maximum atomic E-state index is 14.1. The Morgan fingerprint density at radius 2 is 1.76 bits per heavy atom. The van der Waals surface area contributed by atoms with Gasteiger partial charge in [-0.25, -0.2) is 4.39 Å². The summed E-state index contributed by atoms with van der Waals surface area (Å²) >= 11 is 5.77. The molecule has 2 aromatic carbocycles. The lowest BCUT2D eigenvalue weighted by atomic mass is 9.77. The van der Waals surface area contributed by atoms with Crippen molar-refractivity contribution in [3.05, 3.63) is 70.0 Å². The monoisotopic (exact) mass is 301 g/mol. The molecule has 1 unspecified atom stereocenters. The molecule has 106 valence electrons. The van der Waals surface area contributed by atoms with E-state index in [-0.39, 0.29) is 10.6 Å². The number of nitrogens with zero attached hydrogens (tertiary/aromatic N) is 1. The summed E-state index contributed by atoms with van der Waals surface area (Å²) in [6.45, 7) is 0. The van der Waals surface area contributed by atoms with Crippen molar-refractivity contribution in [1.82, 2.24) is 0 Å². The molecule has 2 nitrogen and oxygen atoms in total. The van der Waals surface area contributed by atoms with Crippen LogP contribution in [-0.2, 0) is 12.8 Å². The molecule has 1 aliphatic carbocycles.